The van der Waals surface area contributed by atoms with Crippen molar-refractivity contribution >= 4 is 34.6 Å². The maximum atomic E-state index is 12.2. The molecule has 0 bridgehead atoms. The number of carbonyl (C=O) groups is 4. The summed E-state index contributed by atoms with van der Waals surface area (Å²) < 4.78 is 4.71. The van der Waals surface area contributed by atoms with E-state index in [2.05, 4.69) is 20.9 Å². The van der Waals surface area contributed by atoms with Crippen LogP contribution in [0.1, 0.15) is 23.3 Å². The van der Waals surface area contributed by atoms with Crippen LogP contribution in [0.4, 0.5) is 0 Å². The molecule has 3 amide bonds. The quantitative estimate of drug-likeness (QED) is 0.501. The minimum atomic E-state index is -0.948. The van der Waals surface area contributed by atoms with Crippen LogP contribution in [-0.2, 0) is 19.1 Å². The molecule has 3 rings (SSSR count). The van der Waals surface area contributed by atoms with E-state index in [1.807, 2.05) is 24.3 Å². The molecule has 0 spiro atoms. The van der Waals surface area contributed by atoms with Crippen LogP contribution in [0.25, 0.3) is 10.9 Å². The van der Waals surface area contributed by atoms with Crippen molar-refractivity contribution in [1.29, 1.82) is 0 Å². The molecule has 1 aromatic carbocycles. The average Bonchev–Trinajstić information content (AvgIpc) is 3.31. The molecule has 1 aliphatic heterocycles. The number of carbonyl (C=O) groups excluding carboxylic acids is 4. The summed E-state index contributed by atoms with van der Waals surface area (Å²) in [4.78, 5) is 51.1. The van der Waals surface area contributed by atoms with E-state index in [0.29, 0.717) is 18.7 Å². The third-order valence-electron chi connectivity index (χ3n) is 4.69. The summed E-state index contributed by atoms with van der Waals surface area (Å²) in [5.74, 6) is -2.11. The molecule has 2 heterocycles. The summed E-state index contributed by atoms with van der Waals surface area (Å²) in [5, 5.41) is 8.62. The van der Waals surface area contributed by atoms with Crippen molar-refractivity contribution in [2.45, 2.75) is 18.9 Å². The van der Waals surface area contributed by atoms with Gasteiger partial charge in [0.15, 0.2) is 0 Å². The van der Waals surface area contributed by atoms with Gasteiger partial charge in [-0.3, -0.25) is 14.4 Å². The van der Waals surface area contributed by atoms with Gasteiger partial charge in [-0.25, -0.2) is 4.79 Å². The average molecular weight is 386 g/mol. The molecule has 0 aliphatic carbocycles. The Bertz CT molecular complexity index is 874. The van der Waals surface area contributed by atoms with Gasteiger partial charge in [0.25, 0.3) is 5.91 Å². The standard InChI is InChI=1S/C19H22N4O5/c1-28-19(27)15(9-12-6-7-20-17(12)25)23-16(24)10-21-18(26)14-8-11-4-2-3-5-13(11)22-14/h2-5,8,12,15,22H,6-7,9-10H2,1H3,(H,20,25)(H,21,26)(H,23,24)/t12-,15-/m0/s1. The number of para-hydroxylation sites is 1. The Morgan fingerprint density at radius 1 is 1.29 bits per heavy atom. The van der Waals surface area contributed by atoms with E-state index in [0.717, 1.165) is 10.9 Å². The number of ether oxygens (including phenoxy) is 1. The topological polar surface area (TPSA) is 129 Å². The summed E-state index contributed by atoms with van der Waals surface area (Å²) in [5.41, 5.74) is 1.15. The predicted octanol–water partition coefficient (Wildman–Crippen LogP) is 0.0817. The molecule has 0 saturated carbocycles. The largest absolute Gasteiger partial charge is 0.467 e. The zero-order chi connectivity index (χ0) is 20.1. The molecule has 9 nitrogen and oxygen atoms in total. The van der Waals surface area contributed by atoms with Gasteiger partial charge in [0.05, 0.1) is 13.7 Å². The van der Waals surface area contributed by atoms with Crippen molar-refractivity contribution in [1.82, 2.24) is 20.9 Å². The van der Waals surface area contributed by atoms with Crippen molar-refractivity contribution in [3.8, 4) is 0 Å². The smallest absolute Gasteiger partial charge is 0.328 e. The lowest BCUT2D eigenvalue weighted by molar-refractivity contribution is -0.145. The first kappa shape index (κ1) is 19.4. The number of nitrogens with one attached hydrogen (secondary N) is 4. The van der Waals surface area contributed by atoms with E-state index in [9.17, 15) is 19.2 Å². The molecule has 1 saturated heterocycles. The van der Waals surface area contributed by atoms with E-state index in [1.165, 1.54) is 7.11 Å². The number of H-pyrrole nitrogens is 1. The van der Waals surface area contributed by atoms with Crippen molar-refractivity contribution in [3.63, 3.8) is 0 Å². The van der Waals surface area contributed by atoms with Crippen molar-refractivity contribution in [2.75, 3.05) is 20.2 Å². The van der Waals surface area contributed by atoms with Crippen LogP contribution in [0, 0.1) is 5.92 Å². The first-order valence-electron chi connectivity index (χ1n) is 8.99. The van der Waals surface area contributed by atoms with Gasteiger partial charge in [0.2, 0.25) is 11.8 Å². The highest BCUT2D eigenvalue weighted by Gasteiger charge is 2.31. The number of esters is 1. The maximum Gasteiger partial charge on any atom is 0.328 e. The lowest BCUT2D eigenvalue weighted by Crippen LogP contribution is -2.47. The van der Waals surface area contributed by atoms with Gasteiger partial charge in [0, 0.05) is 23.4 Å². The monoisotopic (exact) mass is 386 g/mol. The maximum absolute atomic E-state index is 12.2. The molecule has 1 fully saturated rings. The fourth-order valence-electron chi connectivity index (χ4n) is 3.21. The number of hydrogen-bond acceptors (Lipinski definition) is 5. The summed E-state index contributed by atoms with van der Waals surface area (Å²) in [6.07, 6.45) is 0.750. The molecule has 28 heavy (non-hydrogen) atoms. The highest BCUT2D eigenvalue weighted by molar-refractivity contribution is 5.99. The van der Waals surface area contributed by atoms with E-state index in [4.69, 9.17) is 4.74 Å². The zero-order valence-electron chi connectivity index (χ0n) is 15.4. The van der Waals surface area contributed by atoms with Gasteiger partial charge < -0.3 is 25.7 Å². The first-order chi connectivity index (χ1) is 13.5. The summed E-state index contributed by atoms with van der Waals surface area (Å²) in [6, 6.07) is 8.18. The van der Waals surface area contributed by atoms with Gasteiger partial charge in [-0.1, -0.05) is 18.2 Å². The van der Waals surface area contributed by atoms with E-state index in [-0.39, 0.29) is 24.8 Å². The third-order valence-corrected chi connectivity index (χ3v) is 4.69. The fourth-order valence-corrected chi connectivity index (χ4v) is 3.21. The number of fused-ring (bicyclic) bond motifs is 1. The Morgan fingerprint density at radius 2 is 2.07 bits per heavy atom. The Hall–Kier alpha value is -3.36. The molecular weight excluding hydrogens is 364 g/mol. The second-order valence-corrected chi connectivity index (χ2v) is 6.61. The number of rotatable bonds is 7. The predicted molar refractivity (Wildman–Crippen MR) is 100 cm³/mol. The Labute approximate surface area is 161 Å². The summed E-state index contributed by atoms with van der Waals surface area (Å²) >= 11 is 0. The molecule has 9 heteroatoms. The molecule has 0 unspecified atom stereocenters. The van der Waals surface area contributed by atoms with Crippen LogP contribution in [0.3, 0.4) is 0 Å². The molecule has 1 aromatic heterocycles. The minimum absolute atomic E-state index is 0.143. The van der Waals surface area contributed by atoms with E-state index in [1.54, 1.807) is 6.07 Å². The van der Waals surface area contributed by atoms with Gasteiger partial charge in [-0.05, 0) is 25.0 Å². The van der Waals surface area contributed by atoms with Gasteiger partial charge in [-0.2, -0.15) is 0 Å². The number of amides is 3. The van der Waals surface area contributed by atoms with Crippen LogP contribution in [-0.4, -0.2) is 54.9 Å². The van der Waals surface area contributed by atoms with Crippen LogP contribution in [0.15, 0.2) is 30.3 Å². The molecular formula is C19H22N4O5. The number of aromatic nitrogens is 1. The fraction of sp³-hybridized carbons (Fsp3) is 0.368. The lowest BCUT2D eigenvalue weighted by atomic mass is 9.98. The molecule has 2 aromatic rings. The minimum Gasteiger partial charge on any atom is -0.467 e. The Morgan fingerprint density at radius 3 is 2.75 bits per heavy atom. The van der Waals surface area contributed by atoms with Gasteiger partial charge >= 0.3 is 5.97 Å². The van der Waals surface area contributed by atoms with Crippen LogP contribution in [0.5, 0.6) is 0 Å². The van der Waals surface area contributed by atoms with Crippen molar-refractivity contribution < 1.29 is 23.9 Å². The highest BCUT2D eigenvalue weighted by atomic mass is 16.5. The normalized spacial score (nSPS) is 17.0. The molecule has 1 aliphatic rings. The van der Waals surface area contributed by atoms with E-state index >= 15 is 0 Å². The summed E-state index contributed by atoms with van der Waals surface area (Å²) in [6.45, 7) is 0.241. The SMILES string of the molecule is COC(=O)[C@H](C[C@@H]1CCNC1=O)NC(=O)CNC(=O)c1cc2ccccc2[nH]1. The van der Waals surface area contributed by atoms with E-state index < -0.39 is 23.8 Å². The summed E-state index contributed by atoms with van der Waals surface area (Å²) in [7, 11) is 1.22. The second-order valence-electron chi connectivity index (χ2n) is 6.61. The Kier molecular flexibility index (Phi) is 5.93. The third kappa shape index (κ3) is 4.48. The lowest BCUT2D eigenvalue weighted by Gasteiger charge is -2.18. The van der Waals surface area contributed by atoms with Crippen LogP contribution in [0.2, 0.25) is 0 Å². The number of methoxy groups -OCH3 is 1. The molecule has 148 valence electrons. The highest BCUT2D eigenvalue weighted by Crippen LogP contribution is 2.17. The van der Waals surface area contributed by atoms with Crippen molar-refractivity contribution in [2.24, 2.45) is 5.92 Å². The molecule has 0 radical (unpaired) electrons. The van der Waals surface area contributed by atoms with Crippen molar-refractivity contribution in [3.05, 3.63) is 36.0 Å². The van der Waals surface area contributed by atoms with Gasteiger partial charge in [0.1, 0.15) is 11.7 Å². The number of aromatic amines is 1. The van der Waals surface area contributed by atoms with Gasteiger partial charge in [-0.15, -0.1) is 0 Å². The van der Waals surface area contributed by atoms with Crippen LogP contribution >= 0.6 is 0 Å². The first-order valence-corrected chi connectivity index (χ1v) is 8.99. The second kappa shape index (κ2) is 8.55. The number of benzene rings is 1. The molecule has 2 atom stereocenters. The molecule has 4 N–H and O–H groups in total. The Balaban J connectivity index is 1.55. The van der Waals surface area contributed by atoms with Crippen LogP contribution < -0.4 is 16.0 Å². The zero-order valence-corrected chi connectivity index (χ0v) is 15.4. The number of hydrogen-bond donors (Lipinski definition) is 4.